The van der Waals surface area contributed by atoms with E-state index in [9.17, 15) is 22.0 Å². The molecule has 3 rings (SSSR count). The van der Waals surface area contributed by atoms with E-state index in [0.29, 0.717) is 0 Å². The molecule has 9 heteroatoms. The number of anilines is 1. The fourth-order valence-corrected chi connectivity index (χ4v) is 5.00. The van der Waals surface area contributed by atoms with Crippen molar-refractivity contribution in [2.24, 2.45) is 5.92 Å². The number of amides is 1. The monoisotopic (exact) mass is 442 g/mol. The fourth-order valence-electron chi connectivity index (χ4n) is 3.49. The lowest BCUT2D eigenvalue weighted by Gasteiger charge is -2.20. The first kappa shape index (κ1) is 21.7. The molecule has 1 aliphatic rings. The second-order valence-electron chi connectivity index (χ2n) is 7.17. The van der Waals surface area contributed by atoms with E-state index in [1.54, 1.807) is 6.92 Å². The van der Waals surface area contributed by atoms with Crippen LogP contribution in [0.4, 0.5) is 14.5 Å². The maximum atomic E-state index is 14.2. The van der Waals surface area contributed by atoms with Crippen LogP contribution in [0.1, 0.15) is 43.0 Å². The molecule has 1 amide bonds. The lowest BCUT2D eigenvalue weighted by molar-refractivity contribution is 0.102. The van der Waals surface area contributed by atoms with Gasteiger partial charge < -0.3 is 5.32 Å². The van der Waals surface area contributed by atoms with E-state index in [4.69, 9.17) is 11.6 Å². The van der Waals surface area contributed by atoms with Crippen LogP contribution in [-0.4, -0.2) is 20.4 Å². The Morgan fingerprint density at radius 3 is 2.52 bits per heavy atom. The number of benzene rings is 2. The van der Waals surface area contributed by atoms with Gasteiger partial charge in [0.1, 0.15) is 11.6 Å². The number of sulfonamides is 1. The Morgan fingerprint density at radius 1 is 1.14 bits per heavy atom. The number of carbonyl (C=O) groups is 1. The minimum Gasteiger partial charge on any atom is -0.320 e. The molecule has 0 spiro atoms. The van der Waals surface area contributed by atoms with Crippen LogP contribution >= 0.6 is 11.6 Å². The molecule has 2 N–H and O–H groups in total. The van der Waals surface area contributed by atoms with Gasteiger partial charge in [-0.1, -0.05) is 24.4 Å². The van der Waals surface area contributed by atoms with E-state index in [1.165, 1.54) is 6.07 Å². The Bertz CT molecular complexity index is 1020. The first-order valence-corrected chi connectivity index (χ1v) is 11.1. The molecule has 0 bridgehead atoms. The van der Waals surface area contributed by atoms with Gasteiger partial charge in [0.25, 0.3) is 5.91 Å². The molecule has 156 valence electrons. The van der Waals surface area contributed by atoms with Gasteiger partial charge in [-0.3, -0.25) is 4.79 Å². The van der Waals surface area contributed by atoms with Gasteiger partial charge in [0.15, 0.2) is 0 Å². The van der Waals surface area contributed by atoms with Crippen molar-refractivity contribution in [3.8, 4) is 0 Å². The first-order valence-electron chi connectivity index (χ1n) is 9.25. The van der Waals surface area contributed by atoms with Crippen LogP contribution in [0.3, 0.4) is 0 Å². The van der Waals surface area contributed by atoms with E-state index in [-0.39, 0.29) is 27.6 Å². The third kappa shape index (κ3) is 5.12. The van der Waals surface area contributed by atoms with Crippen LogP contribution in [0.5, 0.6) is 0 Å². The maximum absolute atomic E-state index is 14.2. The largest absolute Gasteiger partial charge is 0.320 e. The molecule has 5 nitrogen and oxygen atoms in total. The molecular weight excluding hydrogens is 422 g/mol. The van der Waals surface area contributed by atoms with Crippen molar-refractivity contribution in [1.29, 1.82) is 0 Å². The van der Waals surface area contributed by atoms with E-state index < -0.39 is 33.1 Å². The zero-order valence-electron chi connectivity index (χ0n) is 15.7. The molecule has 2 aromatic carbocycles. The van der Waals surface area contributed by atoms with Crippen molar-refractivity contribution < 1.29 is 22.0 Å². The summed E-state index contributed by atoms with van der Waals surface area (Å²) in [6, 6.07) is 6.06. The zero-order valence-corrected chi connectivity index (χ0v) is 17.3. The highest BCUT2D eigenvalue weighted by atomic mass is 35.5. The van der Waals surface area contributed by atoms with Crippen molar-refractivity contribution in [3.05, 3.63) is 58.6 Å². The van der Waals surface area contributed by atoms with E-state index in [0.717, 1.165) is 56.0 Å². The van der Waals surface area contributed by atoms with Gasteiger partial charge in [-0.25, -0.2) is 21.9 Å². The van der Waals surface area contributed by atoms with Crippen LogP contribution in [-0.2, 0) is 10.0 Å². The van der Waals surface area contributed by atoms with Crippen molar-refractivity contribution in [1.82, 2.24) is 4.72 Å². The Kier molecular flexibility index (Phi) is 6.55. The van der Waals surface area contributed by atoms with Crippen molar-refractivity contribution >= 4 is 33.2 Å². The smallest absolute Gasteiger partial charge is 0.258 e. The van der Waals surface area contributed by atoms with Gasteiger partial charge in [-0.15, -0.1) is 0 Å². The van der Waals surface area contributed by atoms with Crippen molar-refractivity contribution in [2.75, 3.05) is 5.32 Å². The summed E-state index contributed by atoms with van der Waals surface area (Å²) in [5, 5.41) is 2.37. The summed E-state index contributed by atoms with van der Waals surface area (Å²) in [5.41, 5.74) is -0.529. The van der Waals surface area contributed by atoms with E-state index >= 15 is 0 Å². The molecule has 0 heterocycles. The average Bonchev–Trinajstić information content (AvgIpc) is 3.19. The third-order valence-electron chi connectivity index (χ3n) is 5.12. The molecule has 0 unspecified atom stereocenters. The minimum atomic E-state index is -3.94. The molecule has 0 saturated heterocycles. The first-order chi connectivity index (χ1) is 13.7. The molecule has 1 atom stereocenters. The highest BCUT2D eigenvalue weighted by Gasteiger charge is 2.27. The molecule has 0 radical (unpaired) electrons. The van der Waals surface area contributed by atoms with Crippen LogP contribution in [0.2, 0.25) is 5.02 Å². The highest BCUT2D eigenvalue weighted by molar-refractivity contribution is 7.89. The molecule has 0 aliphatic heterocycles. The summed E-state index contributed by atoms with van der Waals surface area (Å²) in [6.45, 7) is 1.80. The van der Waals surface area contributed by atoms with Crippen LogP contribution < -0.4 is 10.0 Å². The lowest BCUT2D eigenvalue weighted by atomic mass is 10.0. The molecule has 2 aromatic rings. The number of halogens is 3. The Morgan fingerprint density at radius 2 is 1.83 bits per heavy atom. The molecule has 29 heavy (non-hydrogen) atoms. The fraction of sp³-hybridized carbons (Fsp3) is 0.350. The molecule has 1 fully saturated rings. The summed E-state index contributed by atoms with van der Waals surface area (Å²) in [5.74, 6) is -2.22. The SMILES string of the molecule is C[C@@H](NS(=O)(=O)c1ccc(F)c(C(=O)Nc2cc(F)ccc2Cl)c1)C1CCCC1. The predicted molar refractivity (Wildman–Crippen MR) is 108 cm³/mol. The second kappa shape index (κ2) is 8.77. The minimum absolute atomic E-state index is 0.0442. The quantitative estimate of drug-likeness (QED) is 0.679. The van der Waals surface area contributed by atoms with Gasteiger partial charge in [0, 0.05) is 6.04 Å². The third-order valence-corrected chi connectivity index (χ3v) is 7.00. The Labute approximate surface area is 173 Å². The van der Waals surface area contributed by atoms with Crippen molar-refractivity contribution in [2.45, 2.75) is 43.5 Å². The maximum Gasteiger partial charge on any atom is 0.258 e. The van der Waals surface area contributed by atoms with Crippen LogP contribution in [0, 0.1) is 17.6 Å². The molecule has 1 saturated carbocycles. The van der Waals surface area contributed by atoms with E-state index in [1.807, 2.05) is 0 Å². The zero-order chi connectivity index (χ0) is 21.2. The highest BCUT2D eigenvalue weighted by Crippen LogP contribution is 2.29. The van der Waals surface area contributed by atoms with Gasteiger partial charge in [0.05, 0.1) is 21.2 Å². The van der Waals surface area contributed by atoms with Gasteiger partial charge in [-0.05, 0) is 62.1 Å². The summed E-state index contributed by atoms with van der Waals surface area (Å²) >= 11 is 5.91. The topological polar surface area (TPSA) is 75.3 Å². The standard InChI is InChI=1S/C20H21ClF2N2O3S/c1-12(13-4-2-3-5-13)25-29(27,28)15-7-9-18(23)16(11-15)20(26)24-19-10-14(22)6-8-17(19)21/h6-13,25H,2-5H2,1H3,(H,24,26)/t12-/m1/s1. The van der Waals surface area contributed by atoms with Crippen LogP contribution in [0.25, 0.3) is 0 Å². The van der Waals surface area contributed by atoms with Gasteiger partial charge in [-0.2, -0.15) is 0 Å². The lowest BCUT2D eigenvalue weighted by Crippen LogP contribution is -2.37. The van der Waals surface area contributed by atoms with E-state index in [2.05, 4.69) is 10.0 Å². The number of hydrogen-bond donors (Lipinski definition) is 2. The Balaban J connectivity index is 1.83. The summed E-state index contributed by atoms with van der Waals surface area (Å²) < 4.78 is 55.6. The summed E-state index contributed by atoms with van der Waals surface area (Å²) in [6.07, 6.45) is 4.05. The molecule has 0 aromatic heterocycles. The molecule has 1 aliphatic carbocycles. The second-order valence-corrected chi connectivity index (χ2v) is 9.30. The predicted octanol–water partition coefficient (Wildman–Crippen LogP) is 4.73. The Hall–Kier alpha value is -2.03. The summed E-state index contributed by atoms with van der Waals surface area (Å²) in [4.78, 5) is 12.2. The number of hydrogen-bond acceptors (Lipinski definition) is 3. The number of carbonyl (C=O) groups excluding carboxylic acids is 1. The number of rotatable bonds is 6. The number of nitrogens with one attached hydrogen (secondary N) is 2. The average molecular weight is 443 g/mol. The molecular formula is C20H21ClF2N2O3S. The summed E-state index contributed by atoms with van der Waals surface area (Å²) in [7, 11) is -3.94. The van der Waals surface area contributed by atoms with Crippen molar-refractivity contribution in [3.63, 3.8) is 0 Å². The van der Waals surface area contributed by atoms with Gasteiger partial charge >= 0.3 is 0 Å². The van der Waals surface area contributed by atoms with Crippen LogP contribution in [0.15, 0.2) is 41.3 Å². The normalized spacial score (nSPS) is 16.0. The van der Waals surface area contributed by atoms with Gasteiger partial charge in [0.2, 0.25) is 10.0 Å².